The third-order valence-corrected chi connectivity index (χ3v) is 4.20. The van der Waals surface area contributed by atoms with E-state index >= 15 is 0 Å². The van der Waals surface area contributed by atoms with Gasteiger partial charge in [-0.1, -0.05) is 6.92 Å². The molecule has 1 aromatic heterocycles. The highest BCUT2D eigenvalue weighted by Gasteiger charge is 2.18. The Morgan fingerprint density at radius 3 is 2.74 bits per heavy atom. The van der Waals surface area contributed by atoms with Gasteiger partial charge < -0.3 is 11.1 Å². The van der Waals surface area contributed by atoms with Gasteiger partial charge in [-0.05, 0) is 55.9 Å². The fourth-order valence-corrected chi connectivity index (χ4v) is 2.93. The monoisotopic (exact) mass is 255 g/mol. The number of nitrogen functional groups attached to an aromatic ring is 1. The van der Waals surface area contributed by atoms with Crippen molar-refractivity contribution in [1.82, 2.24) is 4.98 Å². The number of benzene rings is 1. The summed E-state index contributed by atoms with van der Waals surface area (Å²) in [6.45, 7) is 2.34. The van der Waals surface area contributed by atoms with Crippen molar-refractivity contribution in [3.05, 3.63) is 30.5 Å². The molecule has 0 bridgehead atoms. The Morgan fingerprint density at radius 2 is 1.95 bits per heavy atom. The molecule has 0 radical (unpaired) electrons. The first-order valence-electron chi connectivity index (χ1n) is 7.14. The maximum absolute atomic E-state index is 6.26. The lowest BCUT2D eigenvalue weighted by molar-refractivity contribution is 0.361. The van der Waals surface area contributed by atoms with Gasteiger partial charge in [0.2, 0.25) is 0 Å². The molecule has 0 saturated heterocycles. The predicted octanol–water partition coefficient (Wildman–Crippen LogP) is 3.81. The molecule has 0 aliphatic heterocycles. The van der Waals surface area contributed by atoms with E-state index in [1.54, 1.807) is 6.20 Å². The molecular weight excluding hydrogens is 234 g/mol. The molecular formula is C16H21N3. The van der Waals surface area contributed by atoms with Crippen LogP contribution in [0.5, 0.6) is 0 Å². The van der Waals surface area contributed by atoms with Crippen molar-refractivity contribution in [1.29, 1.82) is 0 Å². The molecule has 0 unspecified atom stereocenters. The first kappa shape index (κ1) is 12.3. The molecule has 1 saturated carbocycles. The fraction of sp³-hybridized carbons (Fsp3) is 0.438. The smallest absolute Gasteiger partial charge is 0.0724 e. The molecule has 3 nitrogen and oxygen atoms in total. The van der Waals surface area contributed by atoms with Crippen molar-refractivity contribution in [3.63, 3.8) is 0 Å². The average Bonchev–Trinajstić information content (AvgIpc) is 2.45. The van der Waals surface area contributed by atoms with Crippen LogP contribution in [0.4, 0.5) is 11.4 Å². The Labute approximate surface area is 114 Å². The Hall–Kier alpha value is -1.77. The van der Waals surface area contributed by atoms with Gasteiger partial charge in [-0.25, -0.2) is 0 Å². The van der Waals surface area contributed by atoms with Crippen molar-refractivity contribution >= 4 is 22.3 Å². The summed E-state index contributed by atoms with van der Waals surface area (Å²) in [6, 6.07) is 8.63. The number of nitrogens with one attached hydrogen (secondary N) is 1. The van der Waals surface area contributed by atoms with E-state index in [1.165, 1.54) is 25.7 Å². The molecule has 1 aliphatic rings. The van der Waals surface area contributed by atoms with Gasteiger partial charge >= 0.3 is 0 Å². The van der Waals surface area contributed by atoms with E-state index in [1.807, 2.05) is 18.2 Å². The highest BCUT2D eigenvalue weighted by Crippen LogP contribution is 2.31. The highest BCUT2D eigenvalue weighted by molar-refractivity contribution is 5.96. The Balaban J connectivity index is 1.83. The number of nitrogens with two attached hydrogens (primary N) is 1. The normalized spacial score (nSPS) is 23.4. The zero-order valence-corrected chi connectivity index (χ0v) is 11.4. The summed E-state index contributed by atoms with van der Waals surface area (Å²) in [5.74, 6) is 0.871. The maximum Gasteiger partial charge on any atom is 0.0724 e. The zero-order valence-electron chi connectivity index (χ0n) is 11.4. The van der Waals surface area contributed by atoms with Crippen molar-refractivity contribution in [3.8, 4) is 0 Å². The van der Waals surface area contributed by atoms with Gasteiger partial charge in [0.25, 0.3) is 0 Å². The van der Waals surface area contributed by atoms with Crippen LogP contribution in [0.15, 0.2) is 30.5 Å². The molecule has 1 aromatic carbocycles. The van der Waals surface area contributed by atoms with E-state index in [-0.39, 0.29) is 0 Å². The number of nitrogens with zero attached hydrogens (tertiary/aromatic N) is 1. The van der Waals surface area contributed by atoms with Crippen LogP contribution in [0.25, 0.3) is 10.9 Å². The summed E-state index contributed by atoms with van der Waals surface area (Å²) >= 11 is 0. The molecule has 1 aliphatic carbocycles. The molecule has 19 heavy (non-hydrogen) atoms. The van der Waals surface area contributed by atoms with Crippen molar-refractivity contribution in [2.45, 2.75) is 38.6 Å². The number of hydrogen-bond donors (Lipinski definition) is 2. The molecule has 2 aromatic rings. The van der Waals surface area contributed by atoms with Gasteiger partial charge in [0.05, 0.1) is 16.9 Å². The lowest BCUT2D eigenvalue weighted by atomic mass is 9.87. The van der Waals surface area contributed by atoms with Crippen LogP contribution in [-0.2, 0) is 0 Å². The van der Waals surface area contributed by atoms with Crippen LogP contribution in [0, 0.1) is 5.92 Å². The van der Waals surface area contributed by atoms with E-state index in [9.17, 15) is 0 Å². The predicted molar refractivity (Wildman–Crippen MR) is 81.2 cm³/mol. The second-order valence-corrected chi connectivity index (χ2v) is 5.70. The molecule has 3 N–H and O–H groups in total. The lowest BCUT2D eigenvalue weighted by Crippen LogP contribution is -2.25. The van der Waals surface area contributed by atoms with E-state index < -0.39 is 0 Å². The summed E-state index contributed by atoms with van der Waals surface area (Å²) in [6.07, 6.45) is 6.91. The zero-order chi connectivity index (χ0) is 13.2. The van der Waals surface area contributed by atoms with Gasteiger partial charge in [-0.3, -0.25) is 4.98 Å². The van der Waals surface area contributed by atoms with Crippen molar-refractivity contribution in [2.24, 2.45) is 5.92 Å². The minimum atomic E-state index is 0.563. The minimum Gasteiger partial charge on any atom is -0.397 e. The number of fused-ring (bicyclic) bond motifs is 1. The largest absolute Gasteiger partial charge is 0.397 e. The first-order chi connectivity index (χ1) is 9.24. The number of pyridine rings is 1. The average molecular weight is 255 g/mol. The molecule has 0 atom stereocenters. The van der Waals surface area contributed by atoms with Crippen LogP contribution in [0.3, 0.4) is 0 Å². The van der Waals surface area contributed by atoms with Crippen LogP contribution in [0.2, 0.25) is 0 Å². The molecule has 0 spiro atoms. The number of aromatic nitrogens is 1. The SMILES string of the molecule is CC1CCC(Nc2ccc3ncccc3c2N)CC1. The van der Waals surface area contributed by atoms with Crippen molar-refractivity contribution in [2.75, 3.05) is 11.1 Å². The second-order valence-electron chi connectivity index (χ2n) is 5.70. The van der Waals surface area contributed by atoms with Gasteiger partial charge in [-0.15, -0.1) is 0 Å². The molecule has 3 heteroatoms. The molecule has 100 valence electrons. The van der Waals surface area contributed by atoms with Gasteiger partial charge in [-0.2, -0.15) is 0 Å². The van der Waals surface area contributed by atoms with Crippen LogP contribution >= 0.6 is 0 Å². The van der Waals surface area contributed by atoms with Crippen molar-refractivity contribution < 1.29 is 0 Å². The molecule has 3 rings (SSSR count). The third-order valence-electron chi connectivity index (χ3n) is 4.20. The molecule has 1 fully saturated rings. The second kappa shape index (κ2) is 5.08. The molecule has 0 amide bonds. The number of rotatable bonds is 2. The summed E-state index contributed by atoms with van der Waals surface area (Å²) in [5, 5.41) is 4.65. The quantitative estimate of drug-likeness (QED) is 0.802. The van der Waals surface area contributed by atoms with Gasteiger partial charge in [0.1, 0.15) is 0 Å². The van der Waals surface area contributed by atoms with E-state index in [0.717, 1.165) is 28.2 Å². The Morgan fingerprint density at radius 1 is 1.16 bits per heavy atom. The van der Waals surface area contributed by atoms with E-state index in [0.29, 0.717) is 6.04 Å². The Bertz CT molecular complexity index is 571. The van der Waals surface area contributed by atoms with Crippen LogP contribution in [-0.4, -0.2) is 11.0 Å². The third kappa shape index (κ3) is 2.50. The van der Waals surface area contributed by atoms with Crippen LogP contribution < -0.4 is 11.1 Å². The van der Waals surface area contributed by atoms with E-state index in [4.69, 9.17) is 5.73 Å². The van der Waals surface area contributed by atoms with Gasteiger partial charge in [0.15, 0.2) is 0 Å². The highest BCUT2D eigenvalue weighted by atomic mass is 14.9. The summed E-state index contributed by atoms with van der Waals surface area (Å²) < 4.78 is 0. The lowest BCUT2D eigenvalue weighted by Gasteiger charge is -2.28. The maximum atomic E-state index is 6.26. The summed E-state index contributed by atoms with van der Waals surface area (Å²) in [7, 11) is 0. The standard InChI is InChI=1S/C16H21N3/c1-11-4-6-12(7-5-11)19-15-9-8-14-13(16(15)17)3-2-10-18-14/h2-3,8-12,19H,4-7,17H2,1H3. The van der Waals surface area contributed by atoms with Crippen LogP contribution in [0.1, 0.15) is 32.6 Å². The number of anilines is 2. The fourth-order valence-electron chi connectivity index (χ4n) is 2.93. The number of hydrogen-bond acceptors (Lipinski definition) is 3. The molecule has 1 heterocycles. The Kier molecular flexibility index (Phi) is 3.28. The van der Waals surface area contributed by atoms with E-state index in [2.05, 4.69) is 23.3 Å². The van der Waals surface area contributed by atoms with Gasteiger partial charge in [0, 0.05) is 17.6 Å². The summed E-state index contributed by atoms with van der Waals surface area (Å²) in [4.78, 5) is 4.33. The summed E-state index contributed by atoms with van der Waals surface area (Å²) in [5.41, 5.74) is 9.10. The first-order valence-corrected chi connectivity index (χ1v) is 7.14. The topological polar surface area (TPSA) is 50.9 Å². The minimum absolute atomic E-state index is 0.563.